The summed E-state index contributed by atoms with van der Waals surface area (Å²) in [5.74, 6) is 0.178. The monoisotopic (exact) mass is 268 g/mol. The number of hydrogen-bond acceptors (Lipinski definition) is 4. The van der Waals surface area contributed by atoms with E-state index in [2.05, 4.69) is 11.0 Å². The number of nitrogens with zero attached hydrogens (tertiary/aromatic N) is 2. The van der Waals surface area contributed by atoms with E-state index in [1.807, 2.05) is 13.8 Å². The zero-order valence-electron chi connectivity index (χ0n) is 12.4. The third-order valence-electron chi connectivity index (χ3n) is 3.82. The van der Waals surface area contributed by atoms with Crippen LogP contribution < -0.4 is 0 Å². The van der Waals surface area contributed by atoms with Crippen molar-refractivity contribution in [1.29, 1.82) is 5.26 Å². The second kappa shape index (κ2) is 10.2. The second-order valence-corrected chi connectivity index (χ2v) is 5.02. The third-order valence-corrected chi connectivity index (χ3v) is 3.82. The molecule has 0 N–H and O–H groups in total. The Morgan fingerprint density at radius 3 is 2.16 bits per heavy atom. The fourth-order valence-corrected chi connectivity index (χ4v) is 2.79. The van der Waals surface area contributed by atoms with E-state index in [1.165, 1.54) is 12.8 Å². The maximum Gasteiger partial charge on any atom is 0.0672 e. The van der Waals surface area contributed by atoms with Crippen LogP contribution in [0.5, 0.6) is 0 Å². The van der Waals surface area contributed by atoms with Gasteiger partial charge in [-0.1, -0.05) is 12.8 Å². The molecule has 4 nitrogen and oxygen atoms in total. The Hall–Kier alpha value is -0.630. The lowest BCUT2D eigenvalue weighted by atomic mass is 9.84. The standard InChI is InChI=1S/C15H28N2O2/c1-3-18-11-9-17(10-12-19-4-2)15-8-6-5-7-14(15)13-16/h14-15H,3-12H2,1-2H3. The Balaban J connectivity index is 2.50. The number of ether oxygens (including phenoxy) is 2. The number of nitriles is 1. The maximum absolute atomic E-state index is 9.31. The van der Waals surface area contributed by atoms with Gasteiger partial charge < -0.3 is 9.47 Å². The van der Waals surface area contributed by atoms with Crippen LogP contribution in [0.3, 0.4) is 0 Å². The molecule has 0 aromatic carbocycles. The normalized spacial score (nSPS) is 23.5. The highest BCUT2D eigenvalue weighted by molar-refractivity contribution is 4.95. The topological polar surface area (TPSA) is 45.5 Å². The first kappa shape index (κ1) is 16.4. The first-order valence-corrected chi connectivity index (χ1v) is 7.62. The lowest BCUT2D eigenvalue weighted by Gasteiger charge is -2.37. The van der Waals surface area contributed by atoms with Gasteiger partial charge in [0.05, 0.1) is 25.2 Å². The van der Waals surface area contributed by atoms with Crippen LogP contribution in [0.15, 0.2) is 0 Å². The van der Waals surface area contributed by atoms with Gasteiger partial charge in [-0.2, -0.15) is 5.26 Å². The summed E-state index contributed by atoms with van der Waals surface area (Å²) in [6.07, 6.45) is 4.61. The van der Waals surface area contributed by atoms with Crippen molar-refractivity contribution >= 4 is 0 Å². The lowest BCUT2D eigenvalue weighted by Crippen LogP contribution is -2.45. The smallest absolute Gasteiger partial charge is 0.0672 e. The molecule has 0 bridgehead atoms. The quantitative estimate of drug-likeness (QED) is 0.603. The van der Waals surface area contributed by atoms with Crippen molar-refractivity contribution < 1.29 is 9.47 Å². The highest BCUT2D eigenvalue weighted by atomic mass is 16.5. The van der Waals surface area contributed by atoms with Crippen molar-refractivity contribution in [3.8, 4) is 6.07 Å². The molecule has 0 radical (unpaired) electrons. The van der Waals surface area contributed by atoms with Crippen molar-refractivity contribution in [3.05, 3.63) is 0 Å². The minimum atomic E-state index is 0.178. The van der Waals surface area contributed by atoms with E-state index in [9.17, 15) is 5.26 Å². The van der Waals surface area contributed by atoms with Crippen LogP contribution in [0, 0.1) is 17.2 Å². The van der Waals surface area contributed by atoms with Crippen molar-refractivity contribution in [2.24, 2.45) is 5.92 Å². The first-order valence-electron chi connectivity index (χ1n) is 7.62. The van der Waals surface area contributed by atoms with Crippen LogP contribution in [0.1, 0.15) is 39.5 Å². The van der Waals surface area contributed by atoms with E-state index in [-0.39, 0.29) is 5.92 Å². The van der Waals surface area contributed by atoms with Crippen molar-refractivity contribution in [2.75, 3.05) is 39.5 Å². The van der Waals surface area contributed by atoms with Gasteiger partial charge in [-0.15, -0.1) is 0 Å². The molecular weight excluding hydrogens is 240 g/mol. The van der Waals surface area contributed by atoms with E-state index < -0.39 is 0 Å². The fraction of sp³-hybridized carbons (Fsp3) is 0.933. The summed E-state index contributed by atoms with van der Waals surface area (Å²) in [5.41, 5.74) is 0. The molecule has 1 rings (SSSR count). The fourth-order valence-electron chi connectivity index (χ4n) is 2.79. The summed E-state index contributed by atoms with van der Waals surface area (Å²) in [7, 11) is 0. The average molecular weight is 268 g/mol. The van der Waals surface area contributed by atoms with Crippen LogP contribution in [-0.2, 0) is 9.47 Å². The number of hydrogen-bond donors (Lipinski definition) is 0. The molecule has 0 aliphatic heterocycles. The molecule has 1 fully saturated rings. The maximum atomic E-state index is 9.31. The van der Waals surface area contributed by atoms with Gasteiger partial charge in [0.25, 0.3) is 0 Å². The summed E-state index contributed by atoms with van der Waals surface area (Å²) in [5, 5.41) is 9.31. The minimum absolute atomic E-state index is 0.178. The van der Waals surface area contributed by atoms with Crippen LogP contribution in [0.4, 0.5) is 0 Å². The molecule has 4 heteroatoms. The molecule has 1 aliphatic carbocycles. The van der Waals surface area contributed by atoms with E-state index in [0.717, 1.165) is 52.4 Å². The van der Waals surface area contributed by atoms with Gasteiger partial charge in [0, 0.05) is 32.3 Å². The molecular formula is C15H28N2O2. The molecule has 1 saturated carbocycles. The zero-order chi connectivity index (χ0) is 13.9. The summed E-state index contributed by atoms with van der Waals surface area (Å²) in [6, 6.07) is 2.88. The SMILES string of the molecule is CCOCCN(CCOCC)C1CCCCC1C#N. The highest BCUT2D eigenvalue weighted by Gasteiger charge is 2.29. The molecule has 2 atom stereocenters. The van der Waals surface area contributed by atoms with E-state index in [4.69, 9.17) is 9.47 Å². The van der Waals surface area contributed by atoms with Gasteiger partial charge in [-0.05, 0) is 26.7 Å². The minimum Gasteiger partial charge on any atom is -0.380 e. The summed E-state index contributed by atoms with van der Waals surface area (Å²) in [6.45, 7) is 8.85. The third kappa shape index (κ3) is 5.90. The summed E-state index contributed by atoms with van der Waals surface area (Å²) < 4.78 is 10.9. The Kier molecular flexibility index (Phi) is 8.81. The van der Waals surface area contributed by atoms with Gasteiger partial charge in [0.15, 0.2) is 0 Å². The first-order chi connectivity index (χ1) is 9.33. The molecule has 0 spiro atoms. The largest absolute Gasteiger partial charge is 0.380 e. The van der Waals surface area contributed by atoms with Gasteiger partial charge in [0.1, 0.15) is 0 Å². The lowest BCUT2D eigenvalue weighted by molar-refractivity contribution is 0.0429. The van der Waals surface area contributed by atoms with Gasteiger partial charge in [-0.3, -0.25) is 4.90 Å². The Morgan fingerprint density at radius 1 is 1.05 bits per heavy atom. The average Bonchev–Trinajstić information content (AvgIpc) is 2.46. The Labute approximate surface area is 117 Å². The molecule has 2 unspecified atom stereocenters. The Bertz CT molecular complexity index is 255. The van der Waals surface area contributed by atoms with E-state index >= 15 is 0 Å². The predicted octanol–water partition coefficient (Wildman–Crippen LogP) is 2.44. The molecule has 1 aliphatic rings. The van der Waals surface area contributed by atoms with Crippen molar-refractivity contribution in [1.82, 2.24) is 4.90 Å². The van der Waals surface area contributed by atoms with E-state index in [1.54, 1.807) is 0 Å². The second-order valence-electron chi connectivity index (χ2n) is 5.02. The molecule has 110 valence electrons. The molecule has 0 amide bonds. The van der Waals surface area contributed by atoms with Crippen molar-refractivity contribution in [2.45, 2.75) is 45.6 Å². The molecule has 0 heterocycles. The van der Waals surface area contributed by atoms with E-state index in [0.29, 0.717) is 6.04 Å². The molecule has 0 aromatic heterocycles. The van der Waals surface area contributed by atoms with Crippen LogP contribution >= 0.6 is 0 Å². The van der Waals surface area contributed by atoms with Crippen LogP contribution in [-0.4, -0.2) is 50.5 Å². The summed E-state index contributed by atoms with van der Waals surface area (Å²) in [4.78, 5) is 2.40. The molecule has 0 saturated heterocycles. The van der Waals surface area contributed by atoms with Gasteiger partial charge >= 0.3 is 0 Å². The Morgan fingerprint density at radius 2 is 1.63 bits per heavy atom. The molecule has 19 heavy (non-hydrogen) atoms. The van der Waals surface area contributed by atoms with Crippen LogP contribution in [0.25, 0.3) is 0 Å². The summed E-state index contributed by atoms with van der Waals surface area (Å²) >= 11 is 0. The highest BCUT2D eigenvalue weighted by Crippen LogP contribution is 2.27. The van der Waals surface area contributed by atoms with Gasteiger partial charge in [0.2, 0.25) is 0 Å². The zero-order valence-corrected chi connectivity index (χ0v) is 12.4. The van der Waals surface area contributed by atoms with Crippen molar-refractivity contribution in [3.63, 3.8) is 0 Å². The van der Waals surface area contributed by atoms with Gasteiger partial charge in [-0.25, -0.2) is 0 Å². The predicted molar refractivity (Wildman–Crippen MR) is 75.9 cm³/mol. The molecule has 0 aromatic rings. The number of rotatable bonds is 9. The van der Waals surface area contributed by atoms with Crippen LogP contribution in [0.2, 0.25) is 0 Å².